The van der Waals surface area contributed by atoms with Gasteiger partial charge in [-0.3, -0.25) is 4.79 Å². The first kappa shape index (κ1) is 15.2. The molecule has 0 spiro atoms. The number of rotatable bonds is 3. The zero-order valence-corrected chi connectivity index (χ0v) is 13.4. The number of carbonyl (C=O) groups excluding carboxylic acids is 1. The molecule has 0 aliphatic rings. The van der Waals surface area contributed by atoms with Crippen molar-refractivity contribution in [1.29, 1.82) is 0 Å². The molecule has 0 fully saturated rings. The SMILES string of the molecule is Cc1ccc(NC(=O)c2ccc(-c3nnnn3C)cc2)c(Cl)c1. The third-order valence-corrected chi connectivity index (χ3v) is 3.71. The Morgan fingerprint density at radius 2 is 1.91 bits per heavy atom. The second kappa shape index (κ2) is 6.18. The summed E-state index contributed by atoms with van der Waals surface area (Å²) in [5.41, 5.74) is 2.99. The number of anilines is 1. The number of hydrogen-bond acceptors (Lipinski definition) is 4. The van der Waals surface area contributed by atoms with Crippen molar-refractivity contribution in [1.82, 2.24) is 20.2 Å². The molecule has 1 amide bonds. The first-order valence-corrected chi connectivity index (χ1v) is 7.32. The normalized spacial score (nSPS) is 10.6. The lowest BCUT2D eigenvalue weighted by Crippen LogP contribution is -2.12. The van der Waals surface area contributed by atoms with Gasteiger partial charge in [-0.25, -0.2) is 4.68 Å². The van der Waals surface area contributed by atoms with Crippen LogP contribution in [0.4, 0.5) is 5.69 Å². The molecule has 0 saturated carbocycles. The molecule has 116 valence electrons. The summed E-state index contributed by atoms with van der Waals surface area (Å²) in [5.74, 6) is 0.414. The van der Waals surface area contributed by atoms with Crippen molar-refractivity contribution in [3.63, 3.8) is 0 Å². The van der Waals surface area contributed by atoms with Crippen LogP contribution in [0.15, 0.2) is 42.5 Å². The van der Waals surface area contributed by atoms with Gasteiger partial charge >= 0.3 is 0 Å². The molecule has 3 aromatic rings. The Labute approximate surface area is 138 Å². The summed E-state index contributed by atoms with van der Waals surface area (Å²) in [5, 5.41) is 14.6. The fourth-order valence-corrected chi connectivity index (χ4v) is 2.44. The topological polar surface area (TPSA) is 72.7 Å². The second-order valence-electron chi connectivity index (χ2n) is 5.14. The van der Waals surface area contributed by atoms with Gasteiger partial charge in [0.15, 0.2) is 5.82 Å². The minimum atomic E-state index is -0.224. The first-order valence-electron chi connectivity index (χ1n) is 6.95. The number of aromatic nitrogens is 4. The van der Waals surface area contributed by atoms with Crippen molar-refractivity contribution in [2.24, 2.45) is 7.05 Å². The fraction of sp³-hybridized carbons (Fsp3) is 0.125. The van der Waals surface area contributed by atoms with Gasteiger partial charge in [0.25, 0.3) is 5.91 Å². The summed E-state index contributed by atoms with van der Waals surface area (Å²) in [7, 11) is 1.76. The lowest BCUT2D eigenvalue weighted by Gasteiger charge is -2.08. The van der Waals surface area contributed by atoms with E-state index < -0.39 is 0 Å². The molecule has 1 aromatic heterocycles. The Balaban J connectivity index is 1.79. The maximum atomic E-state index is 12.3. The minimum absolute atomic E-state index is 0.224. The van der Waals surface area contributed by atoms with E-state index in [2.05, 4.69) is 20.8 Å². The van der Waals surface area contributed by atoms with E-state index in [9.17, 15) is 4.79 Å². The Hall–Kier alpha value is -2.73. The van der Waals surface area contributed by atoms with Crippen LogP contribution in [0.5, 0.6) is 0 Å². The lowest BCUT2D eigenvalue weighted by atomic mass is 10.1. The van der Waals surface area contributed by atoms with Crippen molar-refractivity contribution in [3.05, 3.63) is 58.6 Å². The maximum absolute atomic E-state index is 12.3. The van der Waals surface area contributed by atoms with Gasteiger partial charge in [0, 0.05) is 18.2 Å². The highest BCUT2D eigenvalue weighted by Crippen LogP contribution is 2.23. The van der Waals surface area contributed by atoms with E-state index >= 15 is 0 Å². The summed E-state index contributed by atoms with van der Waals surface area (Å²) in [6, 6.07) is 12.5. The van der Waals surface area contributed by atoms with Crippen LogP contribution >= 0.6 is 11.6 Å². The van der Waals surface area contributed by atoms with E-state index in [-0.39, 0.29) is 5.91 Å². The van der Waals surface area contributed by atoms with Crippen LogP contribution in [0.3, 0.4) is 0 Å². The number of carbonyl (C=O) groups is 1. The molecule has 0 bridgehead atoms. The summed E-state index contributed by atoms with van der Waals surface area (Å²) in [4.78, 5) is 12.3. The van der Waals surface area contributed by atoms with Gasteiger partial charge in [0.05, 0.1) is 10.7 Å². The van der Waals surface area contributed by atoms with Crippen molar-refractivity contribution in [2.75, 3.05) is 5.32 Å². The molecule has 0 aliphatic carbocycles. The molecule has 3 rings (SSSR count). The molecule has 0 saturated heterocycles. The Morgan fingerprint density at radius 3 is 2.52 bits per heavy atom. The Kier molecular flexibility index (Phi) is 4.08. The molecule has 0 radical (unpaired) electrons. The van der Waals surface area contributed by atoms with Crippen LogP contribution in [-0.4, -0.2) is 26.1 Å². The summed E-state index contributed by atoms with van der Waals surface area (Å²) in [6.45, 7) is 1.94. The number of nitrogens with zero attached hydrogens (tertiary/aromatic N) is 4. The van der Waals surface area contributed by atoms with E-state index in [1.165, 1.54) is 0 Å². The van der Waals surface area contributed by atoms with Crippen LogP contribution in [0.1, 0.15) is 15.9 Å². The van der Waals surface area contributed by atoms with Gasteiger partial charge in [-0.2, -0.15) is 0 Å². The van der Waals surface area contributed by atoms with Crippen molar-refractivity contribution in [2.45, 2.75) is 6.92 Å². The average Bonchev–Trinajstić information content (AvgIpc) is 2.96. The predicted octanol–water partition coefficient (Wildman–Crippen LogP) is 3.09. The quantitative estimate of drug-likeness (QED) is 0.802. The van der Waals surface area contributed by atoms with Crippen LogP contribution < -0.4 is 5.32 Å². The first-order chi connectivity index (χ1) is 11.0. The van der Waals surface area contributed by atoms with Gasteiger partial charge in [-0.1, -0.05) is 29.8 Å². The molecule has 7 heteroatoms. The molecule has 1 N–H and O–H groups in total. The predicted molar refractivity (Wildman–Crippen MR) is 88.4 cm³/mol. The number of benzene rings is 2. The highest BCUT2D eigenvalue weighted by molar-refractivity contribution is 6.34. The standard InChI is InChI=1S/C16H14ClN5O/c1-10-3-8-14(13(17)9-10)18-16(23)12-6-4-11(5-7-12)15-19-20-21-22(15)2/h3-9H,1-2H3,(H,18,23). The lowest BCUT2D eigenvalue weighted by molar-refractivity contribution is 0.102. The molecular weight excluding hydrogens is 314 g/mol. The van der Waals surface area contributed by atoms with E-state index in [1.54, 1.807) is 48.1 Å². The molecule has 2 aromatic carbocycles. The summed E-state index contributed by atoms with van der Waals surface area (Å²) >= 11 is 6.13. The number of nitrogens with one attached hydrogen (secondary N) is 1. The third kappa shape index (κ3) is 3.22. The summed E-state index contributed by atoms with van der Waals surface area (Å²) in [6.07, 6.45) is 0. The number of hydrogen-bond donors (Lipinski definition) is 1. The van der Waals surface area contributed by atoms with E-state index in [1.807, 2.05) is 13.0 Å². The molecule has 6 nitrogen and oxygen atoms in total. The smallest absolute Gasteiger partial charge is 0.255 e. The number of amides is 1. The number of tetrazole rings is 1. The van der Waals surface area contributed by atoms with Gasteiger partial charge in [-0.15, -0.1) is 5.10 Å². The molecule has 0 atom stereocenters. The maximum Gasteiger partial charge on any atom is 0.255 e. The number of aryl methyl sites for hydroxylation is 2. The molecule has 0 unspecified atom stereocenters. The van der Waals surface area contributed by atoms with Crippen molar-refractivity contribution >= 4 is 23.2 Å². The Bertz CT molecular complexity index is 857. The zero-order chi connectivity index (χ0) is 16.4. The molecule has 1 heterocycles. The third-order valence-electron chi connectivity index (χ3n) is 3.40. The Morgan fingerprint density at radius 1 is 1.17 bits per heavy atom. The highest BCUT2D eigenvalue weighted by Gasteiger charge is 2.10. The number of halogens is 1. The van der Waals surface area contributed by atoms with Crippen LogP contribution in [0, 0.1) is 6.92 Å². The highest BCUT2D eigenvalue weighted by atomic mass is 35.5. The summed E-state index contributed by atoms with van der Waals surface area (Å²) < 4.78 is 1.57. The minimum Gasteiger partial charge on any atom is -0.321 e. The van der Waals surface area contributed by atoms with E-state index in [4.69, 9.17) is 11.6 Å². The van der Waals surface area contributed by atoms with Crippen molar-refractivity contribution in [3.8, 4) is 11.4 Å². The van der Waals surface area contributed by atoms with E-state index in [0.29, 0.717) is 22.1 Å². The van der Waals surface area contributed by atoms with Gasteiger partial charge in [0.2, 0.25) is 0 Å². The molecule has 23 heavy (non-hydrogen) atoms. The zero-order valence-electron chi connectivity index (χ0n) is 12.6. The molecular formula is C16H14ClN5O. The van der Waals surface area contributed by atoms with E-state index in [0.717, 1.165) is 11.1 Å². The van der Waals surface area contributed by atoms with Gasteiger partial charge in [-0.05, 0) is 47.2 Å². The average molecular weight is 328 g/mol. The second-order valence-corrected chi connectivity index (χ2v) is 5.55. The van der Waals surface area contributed by atoms with Crippen LogP contribution in [-0.2, 0) is 7.05 Å². The van der Waals surface area contributed by atoms with Gasteiger partial charge in [0.1, 0.15) is 0 Å². The largest absolute Gasteiger partial charge is 0.321 e. The van der Waals surface area contributed by atoms with Crippen LogP contribution in [0.25, 0.3) is 11.4 Å². The molecule has 0 aliphatic heterocycles. The fourth-order valence-electron chi connectivity index (χ4n) is 2.16. The van der Waals surface area contributed by atoms with Crippen LogP contribution in [0.2, 0.25) is 5.02 Å². The monoisotopic (exact) mass is 327 g/mol. The van der Waals surface area contributed by atoms with Crippen molar-refractivity contribution < 1.29 is 4.79 Å². The van der Waals surface area contributed by atoms with Gasteiger partial charge < -0.3 is 5.32 Å².